The Hall–Kier alpha value is -2.02. The Bertz CT molecular complexity index is 844. The summed E-state index contributed by atoms with van der Waals surface area (Å²) in [5, 5.41) is 4.14. The molecule has 1 aliphatic heterocycles. The molecule has 0 saturated carbocycles. The number of likely N-dealkylation sites (tertiary alicyclic amines) is 1. The van der Waals surface area contributed by atoms with Crippen molar-refractivity contribution in [3.05, 3.63) is 36.5 Å². The van der Waals surface area contributed by atoms with Crippen LogP contribution in [-0.4, -0.2) is 55.6 Å². The molecule has 0 spiro atoms. The molecule has 25 heavy (non-hydrogen) atoms. The maximum atomic E-state index is 12.4. The molecule has 0 bridgehead atoms. The highest BCUT2D eigenvalue weighted by atomic mass is 32.2. The number of sulfone groups is 1. The zero-order valence-electron chi connectivity index (χ0n) is 14.5. The van der Waals surface area contributed by atoms with Crippen LogP contribution in [-0.2, 0) is 16.4 Å². The highest BCUT2D eigenvalue weighted by Gasteiger charge is 2.25. The molecule has 1 aliphatic rings. The van der Waals surface area contributed by atoms with E-state index in [0.717, 1.165) is 18.4 Å². The van der Waals surface area contributed by atoms with Gasteiger partial charge in [-0.3, -0.25) is 0 Å². The number of hydrogen-bond acceptors (Lipinski definition) is 3. The van der Waals surface area contributed by atoms with Crippen LogP contribution in [0.15, 0.2) is 36.5 Å². The van der Waals surface area contributed by atoms with Crippen molar-refractivity contribution >= 4 is 26.8 Å². The average molecular weight is 363 g/mol. The largest absolute Gasteiger partial charge is 0.346 e. The number of piperidine rings is 1. The molecule has 136 valence electrons. The lowest BCUT2D eigenvalue weighted by molar-refractivity contribution is 0.170. The van der Waals surface area contributed by atoms with E-state index in [2.05, 4.69) is 28.1 Å². The zero-order valence-corrected chi connectivity index (χ0v) is 15.3. The number of benzene rings is 1. The second kappa shape index (κ2) is 7.47. The number of fused-ring (bicyclic) bond motifs is 1. The molecule has 1 fully saturated rings. The van der Waals surface area contributed by atoms with Crippen LogP contribution in [0.2, 0.25) is 0 Å². The Balaban J connectivity index is 1.50. The van der Waals surface area contributed by atoms with Crippen molar-refractivity contribution in [3.8, 4) is 0 Å². The van der Waals surface area contributed by atoms with Gasteiger partial charge in [-0.25, -0.2) is 13.2 Å². The normalized spacial score (nSPS) is 18.4. The number of carbonyl (C=O) groups excluding carboxylic acids is 1. The molecule has 1 aromatic heterocycles. The van der Waals surface area contributed by atoms with E-state index in [1.165, 1.54) is 11.6 Å². The zero-order chi connectivity index (χ0) is 17.9. The number of para-hydroxylation sites is 1. The summed E-state index contributed by atoms with van der Waals surface area (Å²) in [6.07, 6.45) is 5.01. The average Bonchev–Trinajstić information content (AvgIpc) is 2.97. The molecule has 1 atom stereocenters. The minimum atomic E-state index is -3.00. The third kappa shape index (κ3) is 4.75. The van der Waals surface area contributed by atoms with Crippen molar-refractivity contribution in [1.82, 2.24) is 14.8 Å². The Labute approximate surface area is 148 Å². The summed E-state index contributed by atoms with van der Waals surface area (Å²) in [4.78, 5) is 14.1. The Morgan fingerprint density at radius 2 is 2.08 bits per heavy atom. The van der Waals surface area contributed by atoms with Crippen LogP contribution in [0.1, 0.15) is 12.8 Å². The van der Waals surface area contributed by atoms with Crippen LogP contribution < -0.4 is 5.32 Å². The van der Waals surface area contributed by atoms with Crippen molar-refractivity contribution in [2.45, 2.75) is 19.4 Å². The summed E-state index contributed by atoms with van der Waals surface area (Å²) in [5.41, 5.74) is 1.16. The van der Waals surface area contributed by atoms with E-state index in [9.17, 15) is 13.2 Å². The molecule has 0 radical (unpaired) electrons. The standard InChI is InChI=1S/C18H25N3O3S/c1-25(23,24)14-15-5-4-10-21(13-15)18(22)19-9-12-20-11-8-16-6-2-3-7-17(16)20/h2-3,6-8,11,15H,4-5,9-10,12-14H2,1H3,(H,19,22). The van der Waals surface area contributed by atoms with Gasteiger partial charge in [0.2, 0.25) is 0 Å². The van der Waals surface area contributed by atoms with Gasteiger partial charge in [0, 0.05) is 44.1 Å². The molecule has 6 nitrogen and oxygen atoms in total. The highest BCUT2D eigenvalue weighted by molar-refractivity contribution is 7.90. The van der Waals surface area contributed by atoms with Crippen LogP contribution in [0.5, 0.6) is 0 Å². The molecule has 2 aromatic rings. The number of amides is 2. The summed E-state index contributed by atoms with van der Waals surface area (Å²) in [6, 6.07) is 10.1. The molecule has 0 aliphatic carbocycles. The minimum Gasteiger partial charge on any atom is -0.346 e. The number of hydrogen-bond donors (Lipinski definition) is 1. The SMILES string of the molecule is CS(=O)(=O)CC1CCCN(C(=O)NCCn2ccc3ccccc32)C1. The van der Waals surface area contributed by atoms with Crippen molar-refractivity contribution in [3.63, 3.8) is 0 Å². The number of aromatic nitrogens is 1. The van der Waals surface area contributed by atoms with E-state index in [0.29, 0.717) is 26.2 Å². The first-order chi connectivity index (χ1) is 11.9. The number of nitrogens with zero attached hydrogens (tertiary/aromatic N) is 2. The summed E-state index contributed by atoms with van der Waals surface area (Å²) in [5.74, 6) is 0.203. The lowest BCUT2D eigenvalue weighted by atomic mass is 10.0. The van der Waals surface area contributed by atoms with E-state index in [1.54, 1.807) is 4.90 Å². The van der Waals surface area contributed by atoms with Crippen molar-refractivity contribution in [1.29, 1.82) is 0 Å². The maximum absolute atomic E-state index is 12.4. The fourth-order valence-corrected chi connectivity index (χ4v) is 4.67. The van der Waals surface area contributed by atoms with Crippen LogP contribution in [0.4, 0.5) is 4.79 Å². The van der Waals surface area contributed by atoms with E-state index in [1.807, 2.05) is 18.3 Å². The monoisotopic (exact) mass is 363 g/mol. The van der Waals surface area contributed by atoms with Gasteiger partial charge in [-0.2, -0.15) is 0 Å². The van der Waals surface area contributed by atoms with E-state index >= 15 is 0 Å². The topological polar surface area (TPSA) is 71.4 Å². The Morgan fingerprint density at radius 1 is 1.28 bits per heavy atom. The fourth-order valence-electron chi connectivity index (χ4n) is 3.54. The lowest BCUT2D eigenvalue weighted by Gasteiger charge is -2.32. The molecule has 1 saturated heterocycles. The van der Waals surface area contributed by atoms with Gasteiger partial charge in [0.25, 0.3) is 0 Å². The number of urea groups is 1. The third-order valence-corrected chi connectivity index (χ3v) is 5.73. The van der Waals surface area contributed by atoms with Gasteiger partial charge in [0.1, 0.15) is 9.84 Å². The second-order valence-corrected chi connectivity index (χ2v) is 9.03. The molecule has 1 N–H and O–H groups in total. The Kier molecular flexibility index (Phi) is 5.32. The first-order valence-electron chi connectivity index (χ1n) is 8.67. The van der Waals surface area contributed by atoms with Crippen LogP contribution in [0.25, 0.3) is 10.9 Å². The molecule has 1 unspecified atom stereocenters. The molecule has 2 heterocycles. The maximum Gasteiger partial charge on any atom is 0.317 e. The molecule has 1 aromatic carbocycles. The molecule has 3 rings (SSSR count). The smallest absolute Gasteiger partial charge is 0.317 e. The van der Waals surface area contributed by atoms with Gasteiger partial charge in [-0.15, -0.1) is 0 Å². The summed E-state index contributed by atoms with van der Waals surface area (Å²) >= 11 is 0. The fraction of sp³-hybridized carbons (Fsp3) is 0.500. The summed E-state index contributed by atoms with van der Waals surface area (Å²) in [6.45, 7) is 2.47. The van der Waals surface area contributed by atoms with Crippen LogP contribution in [0.3, 0.4) is 0 Å². The lowest BCUT2D eigenvalue weighted by Crippen LogP contribution is -2.47. The van der Waals surface area contributed by atoms with Crippen molar-refractivity contribution in [2.24, 2.45) is 5.92 Å². The quantitative estimate of drug-likeness (QED) is 0.884. The number of carbonyl (C=O) groups is 1. The van der Waals surface area contributed by atoms with Gasteiger partial charge >= 0.3 is 6.03 Å². The van der Waals surface area contributed by atoms with Gasteiger partial charge in [0.05, 0.1) is 5.75 Å². The minimum absolute atomic E-state index is 0.0443. The summed E-state index contributed by atoms with van der Waals surface area (Å²) < 4.78 is 25.1. The summed E-state index contributed by atoms with van der Waals surface area (Å²) in [7, 11) is -3.00. The van der Waals surface area contributed by atoms with Crippen LogP contribution >= 0.6 is 0 Å². The third-order valence-electron chi connectivity index (χ3n) is 4.65. The Morgan fingerprint density at radius 3 is 2.88 bits per heavy atom. The van der Waals surface area contributed by atoms with Gasteiger partial charge in [-0.05, 0) is 36.3 Å². The van der Waals surface area contributed by atoms with E-state index in [-0.39, 0.29) is 17.7 Å². The van der Waals surface area contributed by atoms with Crippen molar-refractivity contribution < 1.29 is 13.2 Å². The van der Waals surface area contributed by atoms with Gasteiger partial charge in [0.15, 0.2) is 0 Å². The second-order valence-electron chi connectivity index (χ2n) is 6.85. The molecule has 7 heteroatoms. The van der Waals surface area contributed by atoms with Crippen LogP contribution in [0, 0.1) is 5.92 Å². The predicted molar refractivity (Wildman–Crippen MR) is 99.3 cm³/mol. The first-order valence-corrected chi connectivity index (χ1v) is 10.7. The highest BCUT2D eigenvalue weighted by Crippen LogP contribution is 2.18. The van der Waals surface area contributed by atoms with Gasteiger partial charge < -0.3 is 14.8 Å². The molecule has 2 amide bonds. The van der Waals surface area contributed by atoms with E-state index in [4.69, 9.17) is 0 Å². The van der Waals surface area contributed by atoms with Gasteiger partial charge in [-0.1, -0.05) is 18.2 Å². The predicted octanol–water partition coefficient (Wildman–Crippen LogP) is 2.11. The molecular formula is C18H25N3O3S. The van der Waals surface area contributed by atoms with Crippen molar-refractivity contribution in [2.75, 3.05) is 31.6 Å². The van der Waals surface area contributed by atoms with E-state index < -0.39 is 9.84 Å². The number of rotatable bonds is 5. The molecular weight excluding hydrogens is 338 g/mol. The number of nitrogens with one attached hydrogen (secondary N) is 1. The first kappa shape index (κ1) is 17.8.